The van der Waals surface area contributed by atoms with Gasteiger partial charge in [0.1, 0.15) is 40.2 Å². The molecule has 2 unspecified atom stereocenters. The standard InChI is InChI=1S/C72H80N4O8/c1-5-9-13-17-21-33-45-81-69(77)57-49-61-37-25-27-39-63-51-58(70(78)82-46-34-22-18-14-10-6-2)53-65(74-63)41-29-31-43-67-55-60(72(80)84-48-36-24-20-16-12-8-4)56-68(76-67)44-32-30-42-66-54-59(71(79)83-47-35-23-19-15-11-7-3)52-64(75-66)40-28-26-38-62(50-57)73-61/h49-54,60,67H,5-24,33-36,45-48,55-56H2,1-4H3. The van der Waals surface area contributed by atoms with E-state index >= 15 is 0 Å². The monoisotopic (exact) mass is 1130 g/mol. The summed E-state index contributed by atoms with van der Waals surface area (Å²) in [7, 11) is 0. The van der Waals surface area contributed by atoms with Crippen LogP contribution >= 0.6 is 0 Å². The zero-order valence-corrected chi connectivity index (χ0v) is 49.9. The molecule has 5 rings (SSSR count). The lowest BCUT2D eigenvalue weighted by atomic mass is 9.91. The number of rotatable bonds is 32. The van der Waals surface area contributed by atoms with Gasteiger partial charge in [-0.1, -0.05) is 162 Å². The van der Waals surface area contributed by atoms with Gasteiger partial charge in [0.05, 0.1) is 54.7 Å². The van der Waals surface area contributed by atoms with Crippen molar-refractivity contribution in [3.8, 4) is 94.7 Å². The second-order valence-electron chi connectivity index (χ2n) is 20.8. The molecule has 0 saturated heterocycles. The first kappa shape index (κ1) is 66.3. The van der Waals surface area contributed by atoms with Gasteiger partial charge in [0.25, 0.3) is 0 Å². The van der Waals surface area contributed by atoms with Crippen LogP contribution < -0.4 is 0 Å². The first-order valence-corrected chi connectivity index (χ1v) is 30.6. The summed E-state index contributed by atoms with van der Waals surface area (Å²) in [5.41, 5.74) is 2.26. The quantitative estimate of drug-likeness (QED) is 0.0254. The van der Waals surface area contributed by atoms with E-state index in [9.17, 15) is 19.2 Å². The lowest BCUT2D eigenvalue weighted by Crippen LogP contribution is -2.29. The molecule has 0 fully saturated rings. The Morgan fingerprint density at radius 3 is 1.00 bits per heavy atom. The second kappa shape index (κ2) is 40.6. The second-order valence-corrected chi connectivity index (χ2v) is 20.8. The minimum atomic E-state index is -0.646. The van der Waals surface area contributed by atoms with E-state index < -0.39 is 29.9 Å². The van der Waals surface area contributed by atoms with Crippen LogP contribution in [0.15, 0.2) is 41.4 Å². The van der Waals surface area contributed by atoms with Gasteiger partial charge in [0, 0.05) is 6.42 Å². The summed E-state index contributed by atoms with van der Waals surface area (Å²) in [4.78, 5) is 72.4. The van der Waals surface area contributed by atoms with Crippen molar-refractivity contribution in [2.45, 2.75) is 201 Å². The van der Waals surface area contributed by atoms with E-state index in [0.717, 1.165) is 128 Å². The van der Waals surface area contributed by atoms with Crippen LogP contribution in [-0.4, -0.2) is 77.0 Å². The highest BCUT2D eigenvalue weighted by atomic mass is 16.5. The Hall–Kier alpha value is -8.52. The van der Waals surface area contributed by atoms with Crippen molar-refractivity contribution in [3.05, 3.63) is 87.3 Å². The minimum absolute atomic E-state index is 0.194. The van der Waals surface area contributed by atoms with Crippen LogP contribution in [0.3, 0.4) is 0 Å². The van der Waals surface area contributed by atoms with E-state index in [4.69, 9.17) is 23.9 Å². The predicted molar refractivity (Wildman–Crippen MR) is 329 cm³/mol. The summed E-state index contributed by atoms with van der Waals surface area (Å²) >= 11 is 0. The topological polar surface area (TPSA) is 156 Å². The molecule has 0 amide bonds. The molecule has 0 aliphatic carbocycles. The van der Waals surface area contributed by atoms with Gasteiger partial charge < -0.3 is 18.9 Å². The molecule has 8 bridgehead atoms. The maximum atomic E-state index is 13.5. The average molecular weight is 1130 g/mol. The van der Waals surface area contributed by atoms with Crippen LogP contribution in [0.1, 0.15) is 260 Å². The van der Waals surface area contributed by atoms with Crippen LogP contribution in [-0.2, 0) is 23.7 Å². The largest absolute Gasteiger partial charge is 0.465 e. The number of hydrogen-bond acceptors (Lipinski definition) is 12. The molecule has 2 atom stereocenters. The third kappa shape index (κ3) is 27.0. The van der Waals surface area contributed by atoms with Gasteiger partial charge in [-0.2, -0.15) is 0 Å². The van der Waals surface area contributed by atoms with E-state index in [1.165, 1.54) is 62.1 Å². The number of ether oxygens (including phenoxy) is 4. The molecule has 0 spiro atoms. The molecule has 12 heteroatoms. The van der Waals surface area contributed by atoms with Crippen molar-refractivity contribution in [2.24, 2.45) is 10.9 Å². The number of carbonyl (C=O) groups excluding carboxylic acids is 4. The van der Waals surface area contributed by atoms with Crippen molar-refractivity contribution in [1.29, 1.82) is 0 Å². The fourth-order valence-corrected chi connectivity index (χ4v) is 8.92. The third-order valence-corrected chi connectivity index (χ3v) is 13.6. The van der Waals surface area contributed by atoms with Crippen molar-refractivity contribution >= 4 is 29.6 Å². The molecule has 2 aliphatic rings. The van der Waals surface area contributed by atoms with Crippen molar-refractivity contribution in [1.82, 2.24) is 15.0 Å². The fourth-order valence-electron chi connectivity index (χ4n) is 8.92. The molecule has 0 saturated carbocycles. The van der Waals surface area contributed by atoms with Crippen LogP contribution in [0.5, 0.6) is 0 Å². The Balaban J connectivity index is 1.54. The average Bonchev–Trinajstić information content (AvgIpc) is 3.68. The molecule has 2 aliphatic heterocycles. The van der Waals surface area contributed by atoms with E-state index in [1.807, 2.05) is 0 Å². The number of unbranched alkanes of at least 4 members (excludes halogenated alkanes) is 20. The van der Waals surface area contributed by atoms with Gasteiger partial charge >= 0.3 is 23.9 Å². The first-order chi connectivity index (χ1) is 41.2. The molecule has 3 aromatic heterocycles. The Morgan fingerprint density at radius 1 is 0.381 bits per heavy atom. The zero-order valence-electron chi connectivity index (χ0n) is 49.9. The van der Waals surface area contributed by atoms with Crippen molar-refractivity contribution < 1.29 is 38.1 Å². The number of aromatic nitrogens is 3. The van der Waals surface area contributed by atoms with Crippen LogP contribution in [0, 0.1) is 101 Å². The molecule has 12 nitrogen and oxygen atoms in total. The summed E-state index contributed by atoms with van der Waals surface area (Å²) in [6.45, 7) is 9.80. The molecule has 0 aromatic carbocycles. The van der Waals surface area contributed by atoms with Gasteiger partial charge in [0.15, 0.2) is 0 Å². The molecule has 0 radical (unpaired) electrons. The molecule has 0 N–H and O–H groups in total. The molecule has 3 aromatic rings. The number of pyridine rings is 3. The number of nitrogens with zero attached hydrogens (tertiary/aromatic N) is 4. The van der Waals surface area contributed by atoms with E-state index in [-0.39, 0.29) is 83.1 Å². The van der Waals surface area contributed by atoms with Gasteiger partial charge in [-0.05, 0) is 157 Å². The number of hydrogen-bond donors (Lipinski definition) is 0. The SMILES string of the molecule is CCCCCCCCOC(=O)c1cc2nc(c1)C#CC#Cc1cc(C(=O)OCCCCCCCC)cc(n1)C#CC#Cc1cc(C(=O)OCCCCCCCC)cc(n1)C#CC#CC1CC(C(=O)OCCCCCCCC)CC(=N1)C#CC#C2. The number of fused-ring (bicyclic) bond motifs is 7. The smallest absolute Gasteiger partial charge is 0.338 e. The Morgan fingerprint density at radius 2 is 0.667 bits per heavy atom. The van der Waals surface area contributed by atoms with Crippen LogP contribution in [0.25, 0.3) is 0 Å². The zero-order chi connectivity index (χ0) is 59.7. The van der Waals surface area contributed by atoms with E-state index in [0.29, 0.717) is 18.7 Å². The highest BCUT2D eigenvalue weighted by molar-refractivity contribution is 6.03. The lowest BCUT2D eigenvalue weighted by Gasteiger charge is -2.22. The van der Waals surface area contributed by atoms with Gasteiger partial charge in [-0.25, -0.2) is 29.3 Å². The molecule has 84 heavy (non-hydrogen) atoms. The van der Waals surface area contributed by atoms with Gasteiger partial charge in [-0.3, -0.25) is 9.79 Å². The molecular formula is C72H80N4O8. The van der Waals surface area contributed by atoms with E-state index in [1.54, 1.807) is 0 Å². The summed E-state index contributed by atoms with van der Waals surface area (Å²) in [6.07, 6.45) is 25.5. The first-order valence-electron chi connectivity index (χ1n) is 30.6. The Labute approximate surface area is 500 Å². The molecule has 436 valence electrons. The Kier molecular flexibility index (Phi) is 32.1. The summed E-state index contributed by atoms with van der Waals surface area (Å²) < 4.78 is 22.8. The normalized spacial score (nSPS) is 13.5. The van der Waals surface area contributed by atoms with Gasteiger partial charge in [0.2, 0.25) is 0 Å². The van der Waals surface area contributed by atoms with Crippen LogP contribution in [0.2, 0.25) is 0 Å². The van der Waals surface area contributed by atoms with E-state index in [2.05, 4.69) is 137 Å². The maximum Gasteiger partial charge on any atom is 0.338 e. The molecular weight excluding hydrogens is 1050 g/mol. The fraction of sp³-hybridized carbons (Fsp3) is 0.500. The number of esters is 4. The van der Waals surface area contributed by atoms with Crippen molar-refractivity contribution in [3.63, 3.8) is 0 Å². The highest BCUT2D eigenvalue weighted by Crippen LogP contribution is 2.23. The van der Waals surface area contributed by atoms with Gasteiger partial charge in [-0.15, -0.1) is 0 Å². The highest BCUT2D eigenvalue weighted by Gasteiger charge is 2.29. The summed E-state index contributed by atoms with van der Waals surface area (Å²) in [5, 5.41) is 0. The summed E-state index contributed by atoms with van der Waals surface area (Å²) in [5.74, 6) is 43.8. The minimum Gasteiger partial charge on any atom is -0.465 e. The number of aliphatic imine (C=N–C) groups is 1. The Bertz CT molecular complexity index is 3260. The summed E-state index contributed by atoms with van der Waals surface area (Å²) in [6, 6.07) is 8.47. The number of carbonyl (C=O) groups is 4. The van der Waals surface area contributed by atoms with Crippen LogP contribution in [0.4, 0.5) is 0 Å². The van der Waals surface area contributed by atoms with Crippen molar-refractivity contribution in [2.75, 3.05) is 26.4 Å². The predicted octanol–water partition coefficient (Wildman–Crippen LogP) is 13.1. The lowest BCUT2D eigenvalue weighted by molar-refractivity contribution is -0.148. The molecule has 5 heterocycles. The maximum absolute atomic E-state index is 13.5. The third-order valence-electron chi connectivity index (χ3n) is 13.6.